The molecule has 2 N–H and O–H groups in total. The van der Waals surface area contributed by atoms with Crippen molar-refractivity contribution in [2.45, 2.75) is 13.0 Å². The van der Waals surface area contributed by atoms with E-state index >= 15 is 0 Å². The third-order valence-electron chi connectivity index (χ3n) is 3.14. The van der Waals surface area contributed by atoms with E-state index in [0.29, 0.717) is 6.54 Å². The summed E-state index contributed by atoms with van der Waals surface area (Å²) in [5.41, 5.74) is 1.00. The summed E-state index contributed by atoms with van der Waals surface area (Å²) in [5.74, 6) is 1.32. The third-order valence-corrected chi connectivity index (χ3v) is 3.14. The van der Waals surface area contributed by atoms with Gasteiger partial charge in [0.25, 0.3) is 0 Å². The molecule has 1 aromatic carbocycles. The summed E-state index contributed by atoms with van der Waals surface area (Å²) >= 11 is 0. The van der Waals surface area contributed by atoms with Gasteiger partial charge >= 0.3 is 0 Å². The smallest absolute Gasteiger partial charge is 0.131 e. The molecule has 0 aliphatic heterocycles. The predicted molar refractivity (Wildman–Crippen MR) is 87.4 cm³/mol. The number of nitrogens with zero attached hydrogens (tertiary/aromatic N) is 3. The van der Waals surface area contributed by atoms with E-state index in [4.69, 9.17) is 0 Å². The Balaban J connectivity index is 1.81. The van der Waals surface area contributed by atoms with E-state index in [1.165, 1.54) is 18.5 Å². The number of aromatic nitrogens is 2. The molecule has 118 valence electrons. The van der Waals surface area contributed by atoms with Gasteiger partial charge in [-0.05, 0) is 44.8 Å². The summed E-state index contributed by atoms with van der Waals surface area (Å²) in [5, 5.41) is 6.49. The second-order valence-corrected chi connectivity index (χ2v) is 5.35. The molecule has 0 bridgehead atoms. The maximum Gasteiger partial charge on any atom is 0.131 e. The molecule has 6 heteroatoms. The normalized spacial score (nSPS) is 10.7. The maximum absolute atomic E-state index is 12.8. The lowest BCUT2D eigenvalue weighted by atomic mass is 10.2. The van der Waals surface area contributed by atoms with Crippen molar-refractivity contribution in [2.24, 2.45) is 0 Å². The minimum Gasteiger partial charge on any atom is -0.370 e. The fourth-order valence-corrected chi connectivity index (χ4v) is 1.96. The van der Waals surface area contributed by atoms with Crippen LogP contribution in [0.3, 0.4) is 0 Å². The van der Waals surface area contributed by atoms with Crippen LogP contribution >= 0.6 is 0 Å². The molecule has 22 heavy (non-hydrogen) atoms. The van der Waals surface area contributed by atoms with E-state index in [1.54, 1.807) is 12.1 Å². The van der Waals surface area contributed by atoms with Crippen molar-refractivity contribution in [3.8, 4) is 0 Å². The first-order valence-electron chi connectivity index (χ1n) is 7.32. The van der Waals surface area contributed by atoms with E-state index in [9.17, 15) is 4.39 Å². The van der Waals surface area contributed by atoms with Crippen LogP contribution in [0.1, 0.15) is 12.0 Å². The van der Waals surface area contributed by atoms with Crippen LogP contribution in [0.2, 0.25) is 0 Å². The summed E-state index contributed by atoms with van der Waals surface area (Å²) in [4.78, 5) is 10.5. The van der Waals surface area contributed by atoms with Gasteiger partial charge in [-0.25, -0.2) is 14.4 Å². The highest BCUT2D eigenvalue weighted by Gasteiger charge is 2.00. The Morgan fingerprint density at radius 1 is 1.05 bits per heavy atom. The first kappa shape index (κ1) is 16.2. The predicted octanol–water partition coefficient (Wildman–Crippen LogP) is 2.59. The highest BCUT2D eigenvalue weighted by Crippen LogP contribution is 2.11. The number of rotatable bonds is 8. The van der Waals surface area contributed by atoms with Gasteiger partial charge < -0.3 is 15.5 Å². The van der Waals surface area contributed by atoms with Crippen molar-refractivity contribution >= 4 is 11.6 Å². The molecule has 1 heterocycles. The molecule has 1 aromatic heterocycles. The largest absolute Gasteiger partial charge is 0.370 e. The molecule has 0 unspecified atom stereocenters. The molecule has 2 rings (SSSR count). The summed E-state index contributed by atoms with van der Waals surface area (Å²) < 4.78 is 12.8. The standard InChI is InChI=1S/C16H22FN5/c1-22(2)9-3-8-18-15-10-16(21-12-20-15)19-11-13-4-6-14(17)7-5-13/h4-7,10,12H,3,8-9,11H2,1-2H3,(H2,18,19,20,21). The molecule has 0 fully saturated rings. The highest BCUT2D eigenvalue weighted by atomic mass is 19.1. The van der Waals surface area contributed by atoms with Gasteiger partial charge in [-0.3, -0.25) is 0 Å². The average Bonchev–Trinajstić information content (AvgIpc) is 2.51. The molecule has 0 amide bonds. The van der Waals surface area contributed by atoms with Crippen molar-refractivity contribution in [3.05, 3.63) is 48.0 Å². The molecule has 5 nitrogen and oxygen atoms in total. The Hall–Kier alpha value is -2.21. The number of hydrogen-bond donors (Lipinski definition) is 2. The van der Waals surface area contributed by atoms with E-state index in [0.717, 1.165) is 36.7 Å². The van der Waals surface area contributed by atoms with Crippen molar-refractivity contribution in [1.82, 2.24) is 14.9 Å². The number of hydrogen-bond acceptors (Lipinski definition) is 5. The third kappa shape index (κ3) is 5.65. The minimum absolute atomic E-state index is 0.227. The van der Waals surface area contributed by atoms with Crippen molar-refractivity contribution in [3.63, 3.8) is 0 Å². The van der Waals surface area contributed by atoms with Gasteiger partial charge in [-0.1, -0.05) is 12.1 Å². The maximum atomic E-state index is 12.8. The Kier molecular flexibility index (Phi) is 6.09. The average molecular weight is 303 g/mol. The van der Waals surface area contributed by atoms with E-state index in [1.807, 2.05) is 6.07 Å². The van der Waals surface area contributed by atoms with Gasteiger partial charge in [0.2, 0.25) is 0 Å². The van der Waals surface area contributed by atoms with E-state index < -0.39 is 0 Å². The van der Waals surface area contributed by atoms with E-state index in [2.05, 4.69) is 39.6 Å². The molecule has 0 saturated carbocycles. The SMILES string of the molecule is CN(C)CCCNc1cc(NCc2ccc(F)cc2)ncn1. The molecular formula is C16H22FN5. The fraction of sp³-hybridized carbons (Fsp3) is 0.375. The molecule has 0 aliphatic rings. The van der Waals surface area contributed by atoms with Crippen LogP contribution in [0.5, 0.6) is 0 Å². The van der Waals surface area contributed by atoms with Crippen LogP contribution in [0.15, 0.2) is 36.7 Å². The van der Waals surface area contributed by atoms with Crippen LogP contribution in [-0.4, -0.2) is 42.1 Å². The topological polar surface area (TPSA) is 53.1 Å². The summed E-state index contributed by atoms with van der Waals surface area (Å²) in [6.45, 7) is 2.50. The number of nitrogens with one attached hydrogen (secondary N) is 2. The monoisotopic (exact) mass is 303 g/mol. The lowest BCUT2D eigenvalue weighted by molar-refractivity contribution is 0.405. The van der Waals surface area contributed by atoms with Gasteiger partial charge in [-0.15, -0.1) is 0 Å². The molecule has 0 aliphatic carbocycles. The highest BCUT2D eigenvalue weighted by molar-refractivity contribution is 5.46. The summed E-state index contributed by atoms with van der Waals surface area (Å²) in [7, 11) is 4.12. The second-order valence-electron chi connectivity index (χ2n) is 5.35. The first-order chi connectivity index (χ1) is 10.6. The fourth-order valence-electron chi connectivity index (χ4n) is 1.96. The number of anilines is 2. The molecule has 0 atom stereocenters. The van der Waals surface area contributed by atoms with Gasteiger partial charge in [0.15, 0.2) is 0 Å². The summed E-state index contributed by atoms with van der Waals surface area (Å²) in [6, 6.07) is 8.29. The molecule has 0 saturated heterocycles. The van der Waals surface area contributed by atoms with Crippen molar-refractivity contribution < 1.29 is 4.39 Å². The van der Waals surface area contributed by atoms with Crippen molar-refractivity contribution in [1.29, 1.82) is 0 Å². The lowest BCUT2D eigenvalue weighted by Crippen LogP contribution is -2.16. The number of halogens is 1. The Bertz CT molecular complexity index is 571. The lowest BCUT2D eigenvalue weighted by Gasteiger charge is -2.11. The van der Waals surface area contributed by atoms with Crippen LogP contribution in [-0.2, 0) is 6.54 Å². The van der Waals surface area contributed by atoms with Gasteiger partial charge in [0.1, 0.15) is 23.8 Å². The van der Waals surface area contributed by atoms with E-state index in [-0.39, 0.29) is 5.82 Å². The van der Waals surface area contributed by atoms with Crippen LogP contribution in [0, 0.1) is 5.82 Å². The zero-order chi connectivity index (χ0) is 15.8. The first-order valence-corrected chi connectivity index (χ1v) is 7.32. The quantitative estimate of drug-likeness (QED) is 0.734. The van der Waals surface area contributed by atoms with Crippen LogP contribution < -0.4 is 10.6 Å². The van der Waals surface area contributed by atoms with Gasteiger partial charge in [-0.2, -0.15) is 0 Å². The number of benzene rings is 1. The molecule has 0 spiro atoms. The Labute approximate surface area is 130 Å². The molecular weight excluding hydrogens is 281 g/mol. The minimum atomic E-state index is -0.227. The Morgan fingerprint density at radius 2 is 1.73 bits per heavy atom. The molecule has 0 radical (unpaired) electrons. The van der Waals surface area contributed by atoms with Crippen molar-refractivity contribution in [2.75, 3.05) is 37.8 Å². The van der Waals surface area contributed by atoms with Gasteiger partial charge in [0.05, 0.1) is 0 Å². The zero-order valence-electron chi connectivity index (χ0n) is 13.0. The summed E-state index contributed by atoms with van der Waals surface area (Å²) in [6.07, 6.45) is 2.58. The Morgan fingerprint density at radius 3 is 2.41 bits per heavy atom. The zero-order valence-corrected chi connectivity index (χ0v) is 13.0. The van der Waals surface area contributed by atoms with Gasteiger partial charge in [0, 0.05) is 19.2 Å². The molecule has 2 aromatic rings. The second kappa shape index (κ2) is 8.29. The van der Waals surface area contributed by atoms with Crippen LogP contribution in [0.25, 0.3) is 0 Å². The van der Waals surface area contributed by atoms with Crippen LogP contribution in [0.4, 0.5) is 16.0 Å².